The first-order chi connectivity index (χ1) is 14.9. The van der Waals surface area contributed by atoms with Gasteiger partial charge >= 0.3 is 0 Å². The third kappa shape index (κ3) is 6.45. The third-order valence-electron chi connectivity index (χ3n) is 4.51. The number of hydrogen-bond donors (Lipinski definition) is 1. The normalized spacial score (nSPS) is 10.5. The molecule has 0 aliphatic carbocycles. The minimum atomic E-state index is -0.510. The zero-order chi connectivity index (χ0) is 22.2. The number of hydrogen-bond acceptors (Lipinski definition) is 5. The van der Waals surface area contributed by atoms with Crippen molar-refractivity contribution in [3.8, 4) is 6.07 Å². The molecule has 1 amide bonds. The van der Waals surface area contributed by atoms with Crippen LogP contribution in [0.1, 0.15) is 16.7 Å². The summed E-state index contributed by atoms with van der Waals surface area (Å²) in [6.45, 7) is 0.773. The highest BCUT2D eigenvalue weighted by atomic mass is 19.1. The highest BCUT2D eigenvalue weighted by molar-refractivity contribution is 5.92. The van der Waals surface area contributed by atoms with E-state index < -0.39 is 4.92 Å². The first-order valence-corrected chi connectivity index (χ1v) is 9.43. The summed E-state index contributed by atoms with van der Waals surface area (Å²) in [7, 11) is 0. The number of nitro benzene ring substituents is 1. The Morgan fingerprint density at radius 2 is 1.71 bits per heavy atom. The fourth-order valence-corrected chi connectivity index (χ4v) is 3.07. The van der Waals surface area contributed by atoms with Crippen molar-refractivity contribution >= 4 is 17.3 Å². The van der Waals surface area contributed by atoms with Crippen LogP contribution < -0.4 is 5.32 Å². The molecule has 0 spiro atoms. The molecule has 0 bridgehead atoms. The third-order valence-corrected chi connectivity index (χ3v) is 4.51. The van der Waals surface area contributed by atoms with Crippen LogP contribution in [0.15, 0.2) is 72.8 Å². The van der Waals surface area contributed by atoms with Gasteiger partial charge in [-0.05, 0) is 47.5 Å². The van der Waals surface area contributed by atoms with Gasteiger partial charge in [-0.2, -0.15) is 5.26 Å². The number of amides is 1. The van der Waals surface area contributed by atoms with Gasteiger partial charge in [0.2, 0.25) is 5.91 Å². The molecule has 8 heteroatoms. The first-order valence-electron chi connectivity index (χ1n) is 9.43. The molecule has 31 heavy (non-hydrogen) atoms. The van der Waals surface area contributed by atoms with Gasteiger partial charge in [0.05, 0.1) is 23.1 Å². The smallest absolute Gasteiger partial charge is 0.269 e. The molecule has 0 aromatic heterocycles. The zero-order valence-electron chi connectivity index (χ0n) is 16.5. The predicted molar refractivity (Wildman–Crippen MR) is 113 cm³/mol. The Balaban J connectivity index is 1.71. The Kier molecular flexibility index (Phi) is 7.04. The number of anilines is 1. The van der Waals surface area contributed by atoms with Crippen LogP contribution in [0.25, 0.3) is 0 Å². The molecule has 0 saturated carbocycles. The van der Waals surface area contributed by atoms with Crippen molar-refractivity contribution in [3.63, 3.8) is 0 Å². The standard InChI is InChI=1S/C23H19FN4O3/c24-20-3-1-2-19(12-20)15-27(14-18-6-4-17(13-25)5-7-18)16-23(29)26-21-8-10-22(11-9-21)28(30)31/h1-12H,14-16H2,(H,26,29). The molecule has 0 unspecified atom stereocenters. The molecule has 0 atom stereocenters. The van der Waals surface area contributed by atoms with Gasteiger partial charge in [-0.3, -0.25) is 19.8 Å². The van der Waals surface area contributed by atoms with E-state index in [0.29, 0.717) is 24.3 Å². The lowest BCUT2D eigenvalue weighted by Crippen LogP contribution is -2.32. The lowest BCUT2D eigenvalue weighted by atomic mass is 10.1. The summed E-state index contributed by atoms with van der Waals surface area (Å²) < 4.78 is 13.6. The van der Waals surface area contributed by atoms with Crippen LogP contribution in [-0.2, 0) is 17.9 Å². The van der Waals surface area contributed by atoms with Crippen molar-refractivity contribution < 1.29 is 14.1 Å². The van der Waals surface area contributed by atoms with E-state index in [1.165, 1.54) is 36.4 Å². The van der Waals surface area contributed by atoms with Crippen molar-refractivity contribution in [3.05, 3.63) is 105 Å². The lowest BCUT2D eigenvalue weighted by molar-refractivity contribution is -0.384. The molecule has 0 radical (unpaired) electrons. The minimum absolute atomic E-state index is 0.0213. The Hall–Kier alpha value is -4.09. The summed E-state index contributed by atoms with van der Waals surface area (Å²) in [6.07, 6.45) is 0. The van der Waals surface area contributed by atoms with Crippen LogP contribution in [-0.4, -0.2) is 22.3 Å². The van der Waals surface area contributed by atoms with Crippen LogP contribution in [0, 0.1) is 27.3 Å². The molecule has 1 N–H and O–H groups in total. The SMILES string of the molecule is N#Cc1ccc(CN(CC(=O)Nc2ccc([N+](=O)[O-])cc2)Cc2cccc(F)c2)cc1. The summed E-state index contributed by atoms with van der Waals surface area (Å²) in [5.74, 6) is -0.662. The average Bonchev–Trinajstić information content (AvgIpc) is 2.74. The van der Waals surface area contributed by atoms with E-state index >= 15 is 0 Å². The van der Waals surface area contributed by atoms with Crippen molar-refractivity contribution in [2.45, 2.75) is 13.1 Å². The fourth-order valence-electron chi connectivity index (χ4n) is 3.07. The largest absolute Gasteiger partial charge is 0.325 e. The van der Waals surface area contributed by atoms with Crippen LogP contribution in [0.3, 0.4) is 0 Å². The van der Waals surface area contributed by atoms with Gasteiger partial charge in [0, 0.05) is 30.9 Å². The maximum atomic E-state index is 13.6. The summed E-state index contributed by atoms with van der Waals surface area (Å²) in [6, 6.07) is 20.8. The highest BCUT2D eigenvalue weighted by Crippen LogP contribution is 2.16. The zero-order valence-corrected chi connectivity index (χ0v) is 16.5. The molecule has 0 fully saturated rings. The van der Waals surface area contributed by atoms with Gasteiger partial charge in [-0.1, -0.05) is 24.3 Å². The van der Waals surface area contributed by atoms with Crippen LogP contribution in [0.4, 0.5) is 15.8 Å². The second-order valence-corrected chi connectivity index (χ2v) is 6.94. The Labute approximate surface area is 178 Å². The van der Waals surface area contributed by atoms with Gasteiger partial charge < -0.3 is 5.32 Å². The molecule has 3 rings (SSSR count). The fraction of sp³-hybridized carbons (Fsp3) is 0.130. The molecule has 0 aliphatic rings. The van der Waals surface area contributed by atoms with Gasteiger partial charge in [0.15, 0.2) is 0 Å². The Morgan fingerprint density at radius 1 is 1.03 bits per heavy atom. The number of nitriles is 1. The first kappa shape index (κ1) is 21.6. The van der Waals surface area contributed by atoms with Gasteiger partial charge in [0.25, 0.3) is 5.69 Å². The number of nitrogens with zero attached hydrogens (tertiary/aromatic N) is 3. The molecule has 0 heterocycles. The highest BCUT2D eigenvalue weighted by Gasteiger charge is 2.14. The van der Waals surface area contributed by atoms with Gasteiger partial charge in [-0.25, -0.2) is 4.39 Å². The maximum absolute atomic E-state index is 13.6. The second-order valence-electron chi connectivity index (χ2n) is 6.94. The number of nitro groups is 1. The van der Waals surface area contributed by atoms with Crippen LogP contribution in [0.2, 0.25) is 0 Å². The predicted octanol–water partition coefficient (Wildman–Crippen LogP) is 4.25. The van der Waals surface area contributed by atoms with E-state index in [2.05, 4.69) is 11.4 Å². The van der Waals surface area contributed by atoms with E-state index in [1.807, 2.05) is 17.0 Å². The summed E-state index contributed by atoms with van der Waals surface area (Å²) in [4.78, 5) is 24.7. The molecule has 156 valence electrons. The number of rotatable bonds is 8. The number of carbonyl (C=O) groups excluding carboxylic acids is 1. The molecule has 3 aromatic carbocycles. The van der Waals surface area contributed by atoms with E-state index in [0.717, 1.165) is 11.1 Å². The van der Waals surface area contributed by atoms with Crippen molar-refractivity contribution in [1.29, 1.82) is 5.26 Å². The topological polar surface area (TPSA) is 99.3 Å². The molecule has 0 aliphatic heterocycles. The maximum Gasteiger partial charge on any atom is 0.269 e. The summed E-state index contributed by atoms with van der Waals surface area (Å²) in [5, 5.41) is 22.4. The number of nitrogens with one attached hydrogen (secondary N) is 1. The quantitative estimate of drug-likeness (QED) is 0.436. The van der Waals surface area contributed by atoms with E-state index in [4.69, 9.17) is 5.26 Å². The van der Waals surface area contributed by atoms with Gasteiger partial charge in [-0.15, -0.1) is 0 Å². The van der Waals surface area contributed by atoms with E-state index in [9.17, 15) is 19.3 Å². The molecule has 3 aromatic rings. The summed E-state index contributed by atoms with van der Waals surface area (Å²) in [5.41, 5.74) is 2.54. The Bertz CT molecular complexity index is 1110. The monoisotopic (exact) mass is 418 g/mol. The second kappa shape index (κ2) is 10.1. The Morgan fingerprint density at radius 3 is 2.32 bits per heavy atom. The number of non-ortho nitro benzene ring substituents is 1. The van der Waals surface area contributed by atoms with Gasteiger partial charge in [0.1, 0.15) is 5.82 Å². The average molecular weight is 418 g/mol. The van der Waals surface area contributed by atoms with Crippen molar-refractivity contribution in [1.82, 2.24) is 4.90 Å². The molecular formula is C23H19FN4O3. The number of carbonyl (C=O) groups is 1. The van der Waals surface area contributed by atoms with E-state index in [-0.39, 0.29) is 24.0 Å². The van der Waals surface area contributed by atoms with Crippen molar-refractivity contribution in [2.75, 3.05) is 11.9 Å². The molecule has 0 saturated heterocycles. The van der Waals surface area contributed by atoms with Crippen molar-refractivity contribution in [2.24, 2.45) is 0 Å². The number of benzene rings is 3. The molecule has 7 nitrogen and oxygen atoms in total. The molecular weight excluding hydrogens is 399 g/mol. The van der Waals surface area contributed by atoms with Crippen LogP contribution >= 0.6 is 0 Å². The van der Waals surface area contributed by atoms with E-state index in [1.54, 1.807) is 24.3 Å². The lowest BCUT2D eigenvalue weighted by Gasteiger charge is -2.22. The van der Waals surface area contributed by atoms with Crippen LogP contribution in [0.5, 0.6) is 0 Å². The minimum Gasteiger partial charge on any atom is -0.325 e. The summed E-state index contributed by atoms with van der Waals surface area (Å²) >= 11 is 0. The number of halogens is 1.